The first kappa shape index (κ1) is 13.2. The van der Waals surface area contributed by atoms with Crippen LogP contribution in [-0.4, -0.2) is 9.89 Å². The Kier molecular flexibility index (Phi) is 6.15. The molecule has 0 saturated heterocycles. The Balaban J connectivity index is 2.28. The number of ether oxygens (including phenoxy) is 1. The van der Waals surface area contributed by atoms with Gasteiger partial charge in [0.2, 0.25) is 0 Å². The van der Waals surface area contributed by atoms with Gasteiger partial charge in [-0.25, -0.2) is 4.79 Å². The number of alkyl halides is 1. The van der Waals surface area contributed by atoms with Crippen molar-refractivity contribution in [2.75, 3.05) is 0 Å². The highest BCUT2D eigenvalue weighted by molar-refractivity contribution is 14.1. The van der Waals surface area contributed by atoms with Gasteiger partial charge in [-0.1, -0.05) is 65.9 Å². The lowest BCUT2D eigenvalue weighted by Gasteiger charge is -2.01. The smallest absolute Gasteiger partial charge is 0.330 e. The zero-order valence-electron chi connectivity index (χ0n) is 9.23. The minimum absolute atomic E-state index is 0.277. The molecule has 1 unspecified atom stereocenters. The first-order chi connectivity index (χ1) is 7.68. The quantitative estimate of drug-likeness (QED) is 0.357. The lowest BCUT2D eigenvalue weighted by Crippen LogP contribution is -2.00. The third-order valence-electron chi connectivity index (χ3n) is 1.94. The zero-order valence-corrected chi connectivity index (χ0v) is 11.4. The largest absolute Gasteiger partial charge is 0.458 e. The SMILES string of the molecule is CC(I)C/C=C/C(=O)OCc1ccccc1. The molecule has 0 aromatic heterocycles. The predicted octanol–water partition coefficient (Wildman–Crippen LogP) is 3.50. The summed E-state index contributed by atoms with van der Waals surface area (Å²) in [5, 5.41) is 0. The molecule has 1 aromatic rings. The summed E-state index contributed by atoms with van der Waals surface area (Å²) in [4.78, 5) is 11.3. The van der Waals surface area contributed by atoms with E-state index in [0.717, 1.165) is 12.0 Å². The molecule has 0 bridgehead atoms. The summed E-state index contributed by atoms with van der Waals surface area (Å²) in [6.07, 6.45) is 4.24. The van der Waals surface area contributed by atoms with E-state index in [-0.39, 0.29) is 5.97 Å². The molecule has 16 heavy (non-hydrogen) atoms. The lowest BCUT2D eigenvalue weighted by molar-refractivity contribution is -0.139. The van der Waals surface area contributed by atoms with Crippen LogP contribution in [0.1, 0.15) is 18.9 Å². The van der Waals surface area contributed by atoms with Crippen molar-refractivity contribution in [2.24, 2.45) is 0 Å². The van der Waals surface area contributed by atoms with Crippen LogP contribution < -0.4 is 0 Å². The number of benzene rings is 1. The fourth-order valence-corrected chi connectivity index (χ4v) is 1.42. The van der Waals surface area contributed by atoms with Crippen molar-refractivity contribution in [3.8, 4) is 0 Å². The predicted molar refractivity (Wildman–Crippen MR) is 73.5 cm³/mol. The van der Waals surface area contributed by atoms with Crippen LogP contribution in [0.4, 0.5) is 0 Å². The van der Waals surface area contributed by atoms with Gasteiger partial charge in [0, 0.05) is 10.0 Å². The summed E-state index contributed by atoms with van der Waals surface area (Å²) in [5.74, 6) is -0.277. The van der Waals surface area contributed by atoms with Crippen LogP contribution in [0.5, 0.6) is 0 Å². The van der Waals surface area contributed by atoms with E-state index in [1.165, 1.54) is 6.08 Å². The number of carbonyl (C=O) groups excluding carboxylic acids is 1. The summed E-state index contributed by atoms with van der Waals surface area (Å²) in [5.41, 5.74) is 1.01. The van der Waals surface area contributed by atoms with Gasteiger partial charge in [0.15, 0.2) is 0 Å². The molecular formula is C13H15IO2. The summed E-state index contributed by atoms with van der Waals surface area (Å²) in [6.45, 7) is 2.43. The van der Waals surface area contributed by atoms with Gasteiger partial charge in [-0.3, -0.25) is 0 Å². The number of hydrogen-bond donors (Lipinski definition) is 0. The van der Waals surface area contributed by atoms with Crippen LogP contribution in [0.3, 0.4) is 0 Å². The summed E-state index contributed by atoms with van der Waals surface area (Å²) in [6, 6.07) is 9.66. The van der Waals surface area contributed by atoms with E-state index in [0.29, 0.717) is 10.5 Å². The van der Waals surface area contributed by atoms with E-state index in [1.807, 2.05) is 36.4 Å². The van der Waals surface area contributed by atoms with Crippen molar-refractivity contribution < 1.29 is 9.53 Å². The summed E-state index contributed by atoms with van der Waals surface area (Å²) < 4.78 is 5.62. The molecule has 0 saturated carbocycles. The maximum atomic E-state index is 11.3. The topological polar surface area (TPSA) is 26.3 Å². The normalized spacial score (nSPS) is 12.6. The van der Waals surface area contributed by atoms with E-state index in [4.69, 9.17) is 4.74 Å². The van der Waals surface area contributed by atoms with Crippen molar-refractivity contribution in [3.05, 3.63) is 48.0 Å². The Bertz CT molecular complexity index is 344. The molecule has 0 heterocycles. The Labute approximate surface area is 110 Å². The van der Waals surface area contributed by atoms with Gasteiger partial charge < -0.3 is 4.74 Å². The maximum absolute atomic E-state index is 11.3. The zero-order chi connectivity index (χ0) is 11.8. The van der Waals surface area contributed by atoms with Crippen LogP contribution >= 0.6 is 22.6 Å². The summed E-state index contributed by atoms with van der Waals surface area (Å²) in [7, 11) is 0. The Morgan fingerprint density at radius 2 is 2.12 bits per heavy atom. The second-order valence-corrected chi connectivity index (χ2v) is 5.64. The Morgan fingerprint density at radius 1 is 1.44 bits per heavy atom. The Morgan fingerprint density at radius 3 is 2.75 bits per heavy atom. The van der Waals surface area contributed by atoms with Crippen LogP contribution in [0.25, 0.3) is 0 Å². The minimum atomic E-state index is -0.277. The van der Waals surface area contributed by atoms with Crippen LogP contribution in [0.15, 0.2) is 42.5 Å². The molecule has 3 heteroatoms. The molecule has 1 aromatic carbocycles. The first-order valence-corrected chi connectivity index (χ1v) is 6.44. The molecule has 1 atom stereocenters. The average Bonchev–Trinajstić information content (AvgIpc) is 2.27. The molecule has 1 rings (SSSR count). The van der Waals surface area contributed by atoms with E-state index in [1.54, 1.807) is 0 Å². The van der Waals surface area contributed by atoms with Crippen molar-refractivity contribution in [1.82, 2.24) is 0 Å². The van der Waals surface area contributed by atoms with Crippen LogP contribution in [0.2, 0.25) is 0 Å². The molecule has 0 fully saturated rings. The van der Waals surface area contributed by atoms with Crippen molar-refractivity contribution >= 4 is 28.6 Å². The highest BCUT2D eigenvalue weighted by Crippen LogP contribution is 2.05. The standard InChI is InChI=1S/C13H15IO2/c1-11(14)6-5-9-13(15)16-10-12-7-3-2-4-8-12/h2-5,7-9,11H,6,10H2,1H3/b9-5+. The minimum Gasteiger partial charge on any atom is -0.458 e. The number of rotatable bonds is 5. The number of carbonyl (C=O) groups is 1. The lowest BCUT2D eigenvalue weighted by atomic mass is 10.2. The van der Waals surface area contributed by atoms with Crippen LogP contribution in [-0.2, 0) is 16.1 Å². The molecule has 2 nitrogen and oxygen atoms in total. The van der Waals surface area contributed by atoms with Gasteiger partial charge in [-0.05, 0) is 12.0 Å². The van der Waals surface area contributed by atoms with Gasteiger partial charge in [0.05, 0.1) is 0 Å². The second-order valence-electron chi connectivity index (χ2n) is 3.51. The van der Waals surface area contributed by atoms with E-state index >= 15 is 0 Å². The van der Waals surface area contributed by atoms with E-state index in [9.17, 15) is 4.79 Å². The van der Waals surface area contributed by atoms with Gasteiger partial charge in [0.1, 0.15) is 6.61 Å². The number of halogens is 1. The second kappa shape index (κ2) is 7.44. The molecule has 0 aliphatic rings. The third-order valence-corrected chi connectivity index (χ3v) is 2.45. The number of allylic oxidation sites excluding steroid dienone is 1. The van der Waals surface area contributed by atoms with Crippen LogP contribution in [0, 0.1) is 0 Å². The molecular weight excluding hydrogens is 315 g/mol. The fourth-order valence-electron chi connectivity index (χ4n) is 1.13. The molecule has 86 valence electrons. The third kappa shape index (κ3) is 5.90. The molecule has 0 aliphatic carbocycles. The van der Waals surface area contributed by atoms with Crippen molar-refractivity contribution in [3.63, 3.8) is 0 Å². The van der Waals surface area contributed by atoms with E-state index < -0.39 is 0 Å². The monoisotopic (exact) mass is 330 g/mol. The summed E-state index contributed by atoms with van der Waals surface area (Å²) >= 11 is 2.32. The number of hydrogen-bond acceptors (Lipinski definition) is 2. The van der Waals surface area contributed by atoms with Crippen molar-refractivity contribution in [2.45, 2.75) is 23.9 Å². The van der Waals surface area contributed by atoms with Gasteiger partial charge in [-0.2, -0.15) is 0 Å². The van der Waals surface area contributed by atoms with Crippen molar-refractivity contribution in [1.29, 1.82) is 0 Å². The number of esters is 1. The maximum Gasteiger partial charge on any atom is 0.330 e. The molecule has 0 N–H and O–H groups in total. The first-order valence-electron chi connectivity index (χ1n) is 5.20. The van der Waals surface area contributed by atoms with Gasteiger partial charge >= 0.3 is 5.97 Å². The molecule has 0 amide bonds. The van der Waals surface area contributed by atoms with Gasteiger partial charge in [0.25, 0.3) is 0 Å². The average molecular weight is 330 g/mol. The van der Waals surface area contributed by atoms with Gasteiger partial charge in [-0.15, -0.1) is 0 Å². The molecule has 0 radical (unpaired) electrons. The Hall–Kier alpha value is -0.840. The molecule has 0 aliphatic heterocycles. The highest BCUT2D eigenvalue weighted by Gasteiger charge is 1.98. The molecule has 0 spiro atoms. The fraction of sp³-hybridized carbons (Fsp3) is 0.308. The highest BCUT2D eigenvalue weighted by atomic mass is 127. The van der Waals surface area contributed by atoms with E-state index in [2.05, 4.69) is 29.5 Å².